The monoisotopic (exact) mass is 460 g/mol. The molecule has 1 aliphatic rings. The minimum atomic E-state index is -1.59. The molecule has 1 heterocycles. The Morgan fingerprint density at radius 2 is 1.28 bits per heavy atom. The molecule has 0 unspecified atom stereocenters. The quantitative estimate of drug-likeness (QED) is 0.391. The number of hydrogen-bond acceptors (Lipinski definition) is 4. The number of hydrogen-bond donors (Lipinski definition) is 0. The van der Waals surface area contributed by atoms with Crippen molar-refractivity contribution in [2.24, 2.45) is 0 Å². The molecule has 1 aromatic carbocycles. The van der Waals surface area contributed by atoms with Gasteiger partial charge in [-0.2, -0.15) is 0 Å². The summed E-state index contributed by atoms with van der Waals surface area (Å²) < 4.78 is 45.7. The largest absolute Gasteiger partial charge is 0 e. The van der Waals surface area contributed by atoms with Crippen LogP contribution >= 0.6 is 0 Å². The molecule has 160 valence electrons. The van der Waals surface area contributed by atoms with Crippen molar-refractivity contribution in [3.05, 3.63) is 37.6 Å². The van der Waals surface area contributed by atoms with Crippen LogP contribution in [0.5, 0.6) is 11.5 Å². The summed E-state index contributed by atoms with van der Waals surface area (Å²) in [5.41, 5.74) is 1.04. The Labute approximate surface area is 185 Å². The zero-order valence-electron chi connectivity index (χ0n) is 18.1. The van der Waals surface area contributed by atoms with E-state index in [1.165, 1.54) is 5.19 Å². The molecule has 1 aliphatic heterocycles. The number of methoxy groups -OCH3 is 2. The zero-order chi connectivity index (χ0) is 22.7. The SMILES string of the molecule is COc1cc([C@@H]2OC(C)(C)O[C@H]2C)cc(OC)c1[Si](C)(C)C.[C-]#[O+].[C-]#[O+].[C-]#[O+].[Cr]. The second-order valence-corrected chi connectivity index (χ2v) is 12.3. The van der Waals surface area contributed by atoms with Crippen molar-refractivity contribution in [1.29, 1.82) is 0 Å². The van der Waals surface area contributed by atoms with Gasteiger partial charge in [0.15, 0.2) is 5.79 Å². The van der Waals surface area contributed by atoms with Gasteiger partial charge in [0, 0.05) is 22.5 Å². The first kappa shape index (κ1) is 32.4. The van der Waals surface area contributed by atoms with Gasteiger partial charge in [0.25, 0.3) is 0 Å². The van der Waals surface area contributed by atoms with Gasteiger partial charge in [-0.05, 0) is 38.5 Å². The van der Waals surface area contributed by atoms with Crippen LogP contribution in [0.15, 0.2) is 12.1 Å². The van der Waals surface area contributed by atoms with Gasteiger partial charge >= 0.3 is 33.9 Å². The summed E-state index contributed by atoms with van der Waals surface area (Å²) in [5.74, 6) is 1.20. The molecule has 2 atom stereocenters. The Hall–Kier alpha value is -1.29. The first-order valence-electron chi connectivity index (χ1n) is 8.32. The fourth-order valence-electron chi connectivity index (χ4n) is 3.11. The van der Waals surface area contributed by atoms with Gasteiger partial charge in [-0.15, -0.1) is 0 Å². The second-order valence-electron chi connectivity index (χ2n) is 7.31. The first-order chi connectivity index (χ1) is 13.1. The van der Waals surface area contributed by atoms with E-state index in [0.717, 1.165) is 17.1 Å². The third kappa shape index (κ3) is 8.94. The van der Waals surface area contributed by atoms with Crippen LogP contribution in [0, 0.1) is 20.0 Å². The number of ether oxygens (including phenoxy) is 4. The molecule has 0 bridgehead atoms. The van der Waals surface area contributed by atoms with Crippen LogP contribution in [0.3, 0.4) is 0 Å². The van der Waals surface area contributed by atoms with E-state index in [4.69, 9.17) is 32.9 Å². The maximum absolute atomic E-state index is 7.50. The minimum Gasteiger partial charge on any atom is 0 e. The van der Waals surface area contributed by atoms with Crippen LogP contribution in [0.2, 0.25) is 19.6 Å². The molecule has 0 aliphatic carbocycles. The van der Waals surface area contributed by atoms with Crippen molar-refractivity contribution in [2.75, 3.05) is 14.2 Å². The molecular weight excluding hydrogens is 432 g/mol. The summed E-state index contributed by atoms with van der Waals surface area (Å²) in [4.78, 5) is 0. The average molecular weight is 461 g/mol. The van der Waals surface area contributed by atoms with Crippen LogP contribution in [0.1, 0.15) is 32.4 Å². The summed E-state index contributed by atoms with van der Waals surface area (Å²) in [6, 6.07) is 4.14. The van der Waals surface area contributed by atoms with Crippen LogP contribution in [0.4, 0.5) is 0 Å². The van der Waals surface area contributed by atoms with Crippen molar-refractivity contribution in [3.63, 3.8) is 0 Å². The maximum atomic E-state index is 7.50. The standard InChI is InChI=1S/C17H28O4Si.3CO.Cr/c1-11-15(21-17(2,3)20-11)12-9-13(18-4)16(22(6,7)8)14(10-12)19-5;3*1-2;/h9-11,15H,1-8H3;;;;/t11-,15+;;;;/m0..../s1. The Balaban J connectivity index is -0.000000883. The molecule has 0 saturated carbocycles. The summed E-state index contributed by atoms with van der Waals surface area (Å²) in [6.45, 7) is 26.3. The van der Waals surface area contributed by atoms with Gasteiger partial charge in [-0.1, -0.05) is 19.6 Å². The zero-order valence-corrected chi connectivity index (χ0v) is 20.4. The fourth-order valence-corrected chi connectivity index (χ4v) is 4.94. The summed E-state index contributed by atoms with van der Waals surface area (Å²) in [7, 11) is 1.83. The predicted molar refractivity (Wildman–Crippen MR) is 103 cm³/mol. The molecule has 9 heteroatoms. The van der Waals surface area contributed by atoms with Gasteiger partial charge in [-0.3, -0.25) is 0 Å². The summed E-state index contributed by atoms with van der Waals surface area (Å²) in [6.07, 6.45) is -0.129. The maximum Gasteiger partial charge on any atom is 0 e. The van der Waals surface area contributed by atoms with Gasteiger partial charge in [-0.25, -0.2) is 0 Å². The number of benzene rings is 1. The smallest absolute Gasteiger partial charge is 0 e. The molecule has 0 spiro atoms. The van der Waals surface area contributed by atoms with Crippen molar-refractivity contribution in [2.45, 2.75) is 58.4 Å². The molecule has 1 aromatic rings. The predicted octanol–water partition coefficient (Wildman–Crippen LogP) is 3.35. The summed E-state index contributed by atoms with van der Waals surface area (Å²) >= 11 is 0. The van der Waals surface area contributed by atoms with E-state index < -0.39 is 13.9 Å². The van der Waals surface area contributed by atoms with E-state index >= 15 is 0 Å². The minimum absolute atomic E-state index is 0. The van der Waals surface area contributed by atoms with E-state index in [-0.39, 0.29) is 29.6 Å². The number of rotatable bonds is 4. The van der Waals surface area contributed by atoms with Crippen LogP contribution in [-0.4, -0.2) is 34.2 Å². The third-order valence-electron chi connectivity index (χ3n) is 3.91. The third-order valence-corrected chi connectivity index (χ3v) is 5.91. The van der Waals surface area contributed by atoms with Gasteiger partial charge in [0.1, 0.15) is 17.6 Å². The Kier molecular flexibility index (Phi) is 16.4. The van der Waals surface area contributed by atoms with E-state index in [9.17, 15) is 0 Å². The Morgan fingerprint density at radius 3 is 1.52 bits per heavy atom. The molecule has 2 rings (SSSR count). The van der Waals surface area contributed by atoms with Crippen LogP contribution < -0.4 is 14.7 Å². The molecule has 1 saturated heterocycles. The normalized spacial score (nSPS) is 18.7. The van der Waals surface area contributed by atoms with Crippen molar-refractivity contribution >= 4 is 13.3 Å². The Bertz CT molecular complexity index is 638. The van der Waals surface area contributed by atoms with Gasteiger partial charge in [0.2, 0.25) is 0 Å². The van der Waals surface area contributed by atoms with E-state index in [2.05, 4.69) is 51.7 Å². The second kappa shape index (κ2) is 14.7. The average Bonchev–Trinajstić information content (AvgIpc) is 2.97. The molecule has 0 amide bonds. The molecule has 0 aromatic heterocycles. The molecular formula is C20H28CrO7Si. The van der Waals surface area contributed by atoms with E-state index in [1.54, 1.807) is 14.2 Å². The molecule has 0 radical (unpaired) electrons. The summed E-state index contributed by atoms with van der Waals surface area (Å²) in [5, 5.41) is 1.20. The van der Waals surface area contributed by atoms with E-state index in [0.29, 0.717) is 0 Å². The Morgan fingerprint density at radius 1 is 0.897 bits per heavy atom. The molecule has 1 fully saturated rings. The van der Waals surface area contributed by atoms with Crippen molar-refractivity contribution < 1.29 is 50.3 Å². The fraction of sp³-hybridized carbons (Fsp3) is 0.550. The topological polar surface area (TPSA) is 96.6 Å². The van der Waals surface area contributed by atoms with Crippen molar-refractivity contribution in [1.82, 2.24) is 0 Å². The van der Waals surface area contributed by atoms with Crippen LogP contribution in [0.25, 0.3) is 0 Å². The van der Waals surface area contributed by atoms with Crippen LogP contribution in [-0.2, 0) is 40.8 Å². The molecule has 29 heavy (non-hydrogen) atoms. The molecule has 7 nitrogen and oxygen atoms in total. The van der Waals surface area contributed by atoms with Gasteiger partial charge < -0.3 is 18.9 Å². The van der Waals surface area contributed by atoms with Crippen molar-refractivity contribution in [3.8, 4) is 11.5 Å². The van der Waals surface area contributed by atoms with E-state index in [1.807, 2.05) is 20.8 Å². The first-order valence-corrected chi connectivity index (χ1v) is 11.8. The molecule has 0 N–H and O–H groups in total. The van der Waals surface area contributed by atoms with Gasteiger partial charge in [0.05, 0.1) is 28.4 Å².